The molecule has 0 rings (SSSR count). The Morgan fingerprint density at radius 3 is 1.35 bits per heavy atom. The summed E-state index contributed by atoms with van der Waals surface area (Å²) >= 11 is 0. The molecule has 0 aliphatic carbocycles. The molecule has 118 valence electrons. The highest BCUT2D eigenvalue weighted by atomic mass is 16.6. The van der Waals surface area contributed by atoms with Gasteiger partial charge in [0.15, 0.2) is 0 Å². The van der Waals surface area contributed by atoms with Crippen LogP contribution in [0.1, 0.15) is 40.5 Å². The van der Waals surface area contributed by atoms with Gasteiger partial charge < -0.3 is 20.9 Å². The zero-order chi connectivity index (χ0) is 15.7. The van der Waals surface area contributed by atoms with E-state index < -0.39 is 24.0 Å². The van der Waals surface area contributed by atoms with E-state index in [-0.39, 0.29) is 13.2 Å². The summed E-state index contributed by atoms with van der Waals surface area (Å²) in [6, 6.07) is -1.26. The highest BCUT2D eigenvalue weighted by Crippen LogP contribution is 2.05. The number of ether oxygens (including phenoxy) is 2. The number of carbonyl (C=O) groups excluding carboxylic acids is 2. The van der Waals surface area contributed by atoms with Crippen LogP contribution in [0.25, 0.3) is 0 Å². The Morgan fingerprint density at radius 1 is 0.800 bits per heavy atom. The summed E-state index contributed by atoms with van der Waals surface area (Å²) < 4.78 is 9.87. The Morgan fingerprint density at radius 2 is 1.10 bits per heavy atom. The molecular weight excluding hydrogens is 260 g/mol. The molecule has 0 saturated heterocycles. The van der Waals surface area contributed by atoms with Crippen LogP contribution in [0.5, 0.6) is 0 Å². The van der Waals surface area contributed by atoms with Gasteiger partial charge in [-0.1, -0.05) is 27.7 Å². The van der Waals surface area contributed by atoms with Gasteiger partial charge >= 0.3 is 11.9 Å². The van der Waals surface area contributed by atoms with Crippen molar-refractivity contribution in [2.45, 2.75) is 52.6 Å². The average molecular weight is 288 g/mol. The topological polar surface area (TPSA) is 105 Å². The maximum atomic E-state index is 11.5. The fraction of sp³-hybridized carbons (Fsp3) is 0.857. The van der Waals surface area contributed by atoms with Crippen molar-refractivity contribution in [3.05, 3.63) is 0 Å². The summed E-state index contributed by atoms with van der Waals surface area (Å²) in [7, 11) is 0. The van der Waals surface area contributed by atoms with E-state index in [2.05, 4.69) is 0 Å². The van der Waals surface area contributed by atoms with Crippen LogP contribution in [0.15, 0.2) is 0 Å². The minimum Gasteiger partial charge on any atom is -0.461 e. The molecule has 6 nitrogen and oxygen atoms in total. The number of esters is 2. The molecule has 0 radical (unpaired) electrons. The number of hydrogen-bond acceptors (Lipinski definition) is 6. The number of rotatable bonds is 9. The predicted octanol–water partition coefficient (Wildman–Crippen LogP) is 0.820. The molecular formula is C14H28N2O4. The first kappa shape index (κ1) is 18.9. The van der Waals surface area contributed by atoms with E-state index in [0.717, 1.165) is 0 Å². The lowest BCUT2D eigenvalue weighted by Crippen LogP contribution is -2.36. The van der Waals surface area contributed by atoms with Crippen molar-refractivity contribution in [2.24, 2.45) is 23.3 Å². The third-order valence-corrected chi connectivity index (χ3v) is 2.63. The van der Waals surface area contributed by atoms with Crippen LogP contribution in [0.2, 0.25) is 0 Å². The largest absolute Gasteiger partial charge is 0.461 e. The van der Waals surface area contributed by atoms with Crippen molar-refractivity contribution in [1.82, 2.24) is 0 Å². The van der Waals surface area contributed by atoms with E-state index in [1.54, 1.807) is 0 Å². The Balaban J connectivity index is 3.80. The summed E-state index contributed by atoms with van der Waals surface area (Å²) in [4.78, 5) is 23.0. The van der Waals surface area contributed by atoms with Gasteiger partial charge in [-0.15, -0.1) is 0 Å². The number of nitrogens with two attached hydrogens (primary N) is 2. The fourth-order valence-corrected chi connectivity index (χ4v) is 1.71. The zero-order valence-electron chi connectivity index (χ0n) is 12.9. The first-order valence-electron chi connectivity index (χ1n) is 7.08. The molecule has 0 aromatic rings. The van der Waals surface area contributed by atoms with Gasteiger partial charge in [0.05, 0.1) is 0 Å². The molecule has 0 amide bonds. The van der Waals surface area contributed by atoms with Gasteiger partial charge in [0, 0.05) is 0 Å². The van der Waals surface area contributed by atoms with Crippen molar-refractivity contribution in [3.63, 3.8) is 0 Å². The number of carbonyl (C=O) groups is 2. The van der Waals surface area contributed by atoms with Crippen LogP contribution in [-0.2, 0) is 19.1 Å². The van der Waals surface area contributed by atoms with Crippen LogP contribution in [-0.4, -0.2) is 37.2 Å². The molecule has 2 unspecified atom stereocenters. The van der Waals surface area contributed by atoms with E-state index in [4.69, 9.17) is 20.9 Å². The lowest BCUT2D eigenvalue weighted by atomic mass is 10.1. The van der Waals surface area contributed by atoms with Crippen LogP contribution in [0, 0.1) is 11.8 Å². The molecule has 0 aromatic heterocycles. The van der Waals surface area contributed by atoms with E-state index in [1.165, 1.54) is 0 Å². The lowest BCUT2D eigenvalue weighted by Gasteiger charge is -2.15. The molecule has 0 aliphatic rings. The molecule has 20 heavy (non-hydrogen) atoms. The van der Waals surface area contributed by atoms with Gasteiger partial charge in [0.1, 0.15) is 25.3 Å². The van der Waals surface area contributed by atoms with Crippen molar-refractivity contribution in [2.75, 3.05) is 13.2 Å². The van der Waals surface area contributed by atoms with E-state index >= 15 is 0 Å². The van der Waals surface area contributed by atoms with Crippen molar-refractivity contribution < 1.29 is 19.1 Å². The molecule has 2 atom stereocenters. The van der Waals surface area contributed by atoms with Crippen LogP contribution >= 0.6 is 0 Å². The Kier molecular flexibility index (Phi) is 9.16. The summed E-state index contributed by atoms with van der Waals surface area (Å²) in [5, 5.41) is 0. The zero-order valence-corrected chi connectivity index (χ0v) is 12.9. The highest BCUT2D eigenvalue weighted by molar-refractivity contribution is 5.76. The van der Waals surface area contributed by atoms with Crippen LogP contribution in [0.4, 0.5) is 0 Å². The van der Waals surface area contributed by atoms with Crippen molar-refractivity contribution >= 4 is 11.9 Å². The summed E-state index contributed by atoms with van der Waals surface area (Å²) in [5.74, 6) is -0.295. The maximum absolute atomic E-state index is 11.5. The molecule has 0 aliphatic heterocycles. The van der Waals surface area contributed by atoms with Crippen LogP contribution in [0.3, 0.4) is 0 Å². The first-order chi connectivity index (χ1) is 9.23. The lowest BCUT2D eigenvalue weighted by molar-refractivity contribution is -0.154. The van der Waals surface area contributed by atoms with Gasteiger partial charge in [-0.3, -0.25) is 9.59 Å². The van der Waals surface area contributed by atoms with Gasteiger partial charge in [-0.2, -0.15) is 0 Å². The quantitative estimate of drug-likeness (QED) is 0.481. The van der Waals surface area contributed by atoms with Crippen molar-refractivity contribution in [3.8, 4) is 0 Å². The number of hydrogen-bond donors (Lipinski definition) is 2. The molecule has 0 fully saturated rings. The highest BCUT2D eigenvalue weighted by Gasteiger charge is 2.18. The average Bonchev–Trinajstić information content (AvgIpc) is 2.32. The fourth-order valence-electron chi connectivity index (χ4n) is 1.71. The Labute approximate surface area is 121 Å². The normalized spacial score (nSPS) is 14.2. The minimum absolute atomic E-state index is 0.00473. The molecule has 0 spiro atoms. The molecule has 6 heteroatoms. The molecule has 0 saturated carbocycles. The second kappa shape index (κ2) is 9.72. The third kappa shape index (κ3) is 8.87. The monoisotopic (exact) mass is 288 g/mol. The second-order valence-corrected chi connectivity index (χ2v) is 5.81. The maximum Gasteiger partial charge on any atom is 0.323 e. The summed E-state index contributed by atoms with van der Waals surface area (Å²) in [5.41, 5.74) is 11.3. The van der Waals surface area contributed by atoms with E-state index in [0.29, 0.717) is 24.7 Å². The van der Waals surface area contributed by atoms with Gasteiger partial charge in [0.2, 0.25) is 0 Å². The molecule has 0 aromatic carbocycles. The smallest absolute Gasteiger partial charge is 0.323 e. The van der Waals surface area contributed by atoms with Gasteiger partial charge in [-0.05, 0) is 24.7 Å². The van der Waals surface area contributed by atoms with Gasteiger partial charge in [-0.25, -0.2) is 0 Å². The molecule has 4 N–H and O–H groups in total. The van der Waals surface area contributed by atoms with E-state index in [1.807, 2.05) is 27.7 Å². The van der Waals surface area contributed by atoms with E-state index in [9.17, 15) is 9.59 Å². The summed E-state index contributed by atoms with van der Waals surface area (Å²) in [6.07, 6.45) is 1.13. The third-order valence-electron chi connectivity index (χ3n) is 2.63. The minimum atomic E-state index is -0.631. The van der Waals surface area contributed by atoms with Gasteiger partial charge in [0.25, 0.3) is 0 Å². The molecule has 0 heterocycles. The second-order valence-electron chi connectivity index (χ2n) is 5.81. The summed E-state index contributed by atoms with van der Waals surface area (Å²) in [6.45, 7) is 7.92. The first-order valence-corrected chi connectivity index (χ1v) is 7.08. The predicted molar refractivity (Wildman–Crippen MR) is 76.8 cm³/mol. The Bertz CT molecular complexity index is 276. The molecule has 0 bridgehead atoms. The van der Waals surface area contributed by atoms with Crippen LogP contribution < -0.4 is 11.5 Å². The van der Waals surface area contributed by atoms with Crippen molar-refractivity contribution in [1.29, 1.82) is 0 Å². The standard InChI is InChI=1S/C14H28N2O4/c1-9(2)7-11(15)13(17)19-5-6-20-14(18)12(16)8-10(3)4/h9-12H,5-8,15-16H2,1-4H3. The Hall–Kier alpha value is -1.14. The SMILES string of the molecule is CC(C)CC(N)C(=O)OCCOC(=O)C(N)CC(C)C.